The molecule has 0 saturated carbocycles. The molecule has 0 bridgehead atoms. The molecule has 56 valence electrons. The molecule has 3 heteroatoms. The Kier molecular flexibility index (Phi) is 5.93. The first kappa shape index (κ1) is 8.88. The van der Waals surface area contributed by atoms with Crippen molar-refractivity contribution < 1.29 is 5.11 Å². The number of hydrogen-bond acceptors (Lipinski definition) is 3. The highest BCUT2D eigenvalue weighted by atomic mass is 16.3. The van der Waals surface area contributed by atoms with Gasteiger partial charge in [-0.1, -0.05) is 6.92 Å². The van der Waals surface area contributed by atoms with Crippen LogP contribution in [0.25, 0.3) is 0 Å². The molecule has 0 aliphatic heterocycles. The van der Waals surface area contributed by atoms with Crippen LogP contribution in [0.3, 0.4) is 0 Å². The Bertz CT molecular complexity index is 55.0. The zero-order chi connectivity index (χ0) is 7.11. The van der Waals surface area contributed by atoms with Gasteiger partial charge in [0.05, 0.1) is 6.61 Å². The second-order valence-electron chi connectivity index (χ2n) is 2.07. The molecule has 0 aliphatic rings. The van der Waals surface area contributed by atoms with E-state index in [1.165, 1.54) is 0 Å². The molecule has 0 aromatic carbocycles. The van der Waals surface area contributed by atoms with Gasteiger partial charge in [0.1, 0.15) is 0 Å². The number of nitrogens with two attached hydrogens (primary N) is 1. The number of aliphatic hydroxyl groups excluding tert-OH is 1. The van der Waals surface area contributed by atoms with Gasteiger partial charge in [0, 0.05) is 12.6 Å². The standard InChI is InChI=1S/C6H16N2O/c1-2-3-8-6(4-7)5-9/h6,8-9H,2-5,7H2,1H3. The van der Waals surface area contributed by atoms with Crippen molar-refractivity contribution in [3.63, 3.8) is 0 Å². The monoisotopic (exact) mass is 132 g/mol. The van der Waals surface area contributed by atoms with Crippen LogP contribution in [0.5, 0.6) is 0 Å². The summed E-state index contributed by atoms with van der Waals surface area (Å²) in [6, 6.07) is 0.0879. The van der Waals surface area contributed by atoms with Crippen molar-refractivity contribution >= 4 is 0 Å². The lowest BCUT2D eigenvalue weighted by atomic mass is 10.3. The molecular weight excluding hydrogens is 116 g/mol. The first-order chi connectivity index (χ1) is 4.35. The van der Waals surface area contributed by atoms with Gasteiger partial charge in [-0.3, -0.25) is 0 Å². The maximum Gasteiger partial charge on any atom is 0.0597 e. The van der Waals surface area contributed by atoms with Gasteiger partial charge in [-0.25, -0.2) is 0 Å². The van der Waals surface area contributed by atoms with Crippen molar-refractivity contribution in [2.45, 2.75) is 19.4 Å². The minimum absolute atomic E-state index is 0.0879. The van der Waals surface area contributed by atoms with Crippen LogP contribution in [0.1, 0.15) is 13.3 Å². The van der Waals surface area contributed by atoms with Crippen molar-refractivity contribution in [1.82, 2.24) is 5.32 Å². The van der Waals surface area contributed by atoms with Crippen molar-refractivity contribution in [2.75, 3.05) is 19.7 Å². The molecular formula is C6H16N2O. The van der Waals surface area contributed by atoms with Gasteiger partial charge in [-0.05, 0) is 13.0 Å². The summed E-state index contributed by atoms with van der Waals surface area (Å²) >= 11 is 0. The zero-order valence-electron chi connectivity index (χ0n) is 5.93. The summed E-state index contributed by atoms with van der Waals surface area (Å²) in [6.07, 6.45) is 1.08. The van der Waals surface area contributed by atoms with Crippen molar-refractivity contribution in [1.29, 1.82) is 0 Å². The van der Waals surface area contributed by atoms with Crippen LogP contribution >= 0.6 is 0 Å². The SMILES string of the molecule is CCCNC(CN)CO. The average Bonchev–Trinajstić information content (AvgIpc) is 1.91. The summed E-state index contributed by atoms with van der Waals surface area (Å²) < 4.78 is 0. The van der Waals surface area contributed by atoms with Gasteiger partial charge in [-0.15, -0.1) is 0 Å². The van der Waals surface area contributed by atoms with E-state index in [0.29, 0.717) is 6.54 Å². The van der Waals surface area contributed by atoms with Crippen molar-refractivity contribution in [2.24, 2.45) is 5.73 Å². The highest BCUT2D eigenvalue weighted by molar-refractivity contribution is 4.64. The first-order valence-electron chi connectivity index (χ1n) is 3.39. The molecule has 0 amide bonds. The Hall–Kier alpha value is -0.120. The van der Waals surface area contributed by atoms with E-state index < -0.39 is 0 Å². The molecule has 1 atom stereocenters. The van der Waals surface area contributed by atoms with E-state index in [-0.39, 0.29) is 12.6 Å². The van der Waals surface area contributed by atoms with Gasteiger partial charge in [-0.2, -0.15) is 0 Å². The lowest BCUT2D eigenvalue weighted by Crippen LogP contribution is -2.39. The molecule has 0 aliphatic carbocycles. The van der Waals surface area contributed by atoms with Gasteiger partial charge < -0.3 is 16.2 Å². The van der Waals surface area contributed by atoms with E-state index in [1.807, 2.05) is 0 Å². The van der Waals surface area contributed by atoms with Crippen molar-refractivity contribution in [3.8, 4) is 0 Å². The van der Waals surface area contributed by atoms with Gasteiger partial charge in [0.2, 0.25) is 0 Å². The molecule has 0 rings (SSSR count). The number of rotatable bonds is 5. The van der Waals surface area contributed by atoms with Gasteiger partial charge in [0.25, 0.3) is 0 Å². The highest BCUT2D eigenvalue weighted by Gasteiger charge is 1.99. The summed E-state index contributed by atoms with van der Waals surface area (Å²) in [6.45, 7) is 3.66. The highest BCUT2D eigenvalue weighted by Crippen LogP contribution is 1.77. The predicted octanol–water partition coefficient (Wildman–Crippen LogP) is -0.694. The third-order valence-electron chi connectivity index (χ3n) is 1.19. The van der Waals surface area contributed by atoms with Crippen LogP contribution in [0.15, 0.2) is 0 Å². The van der Waals surface area contributed by atoms with E-state index in [9.17, 15) is 0 Å². The molecule has 4 N–H and O–H groups in total. The summed E-state index contributed by atoms with van der Waals surface area (Å²) in [5.74, 6) is 0. The molecule has 0 radical (unpaired) electrons. The van der Waals surface area contributed by atoms with Crippen LogP contribution in [0.2, 0.25) is 0 Å². The van der Waals surface area contributed by atoms with E-state index in [1.54, 1.807) is 0 Å². The topological polar surface area (TPSA) is 58.3 Å². The Morgan fingerprint density at radius 1 is 1.67 bits per heavy atom. The lowest BCUT2D eigenvalue weighted by Gasteiger charge is -2.11. The van der Waals surface area contributed by atoms with E-state index in [0.717, 1.165) is 13.0 Å². The van der Waals surface area contributed by atoms with E-state index >= 15 is 0 Å². The fraction of sp³-hybridized carbons (Fsp3) is 1.00. The third-order valence-corrected chi connectivity index (χ3v) is 1.19. The van der Waals surface area contributed by atoms with Crippen LogP contribution in [-0.4, -0.2) is 30.8 Å². The Morgan fingerprint density at radius 3 is 2.67 bits per heavy atom. The summed E-state index contributed by atoms with van der Waals surface area (Å²) in [5, 5.41) is 11.7. The quantitative estimate of drug-likeness (QED) is 0.464. The van der Waals surface area contributed by atoms with Gasteiger partial charge in [0.15, 0.2) is 0 Å². The van der Waals surface area contributed by atoms with Crippen LogP contribution in [0, 0.1) is 0 Å². The molecule has 9 heavy (non-hydrogen) atoms. The normalized spacial score (nSPS) is 13.7. The molecule has 0 saturated heterocycles. The maximum atomic E-state index is 8.61. The maximum absolute atomic E-state index is 8.61. The molecule has 0 aromatic heterocycles. The minimum atomic E-state index is 0.0879. The Balaban J connectivity index is 3.09. The molecule has 3 nitrogen and oxygen atoms in total. The Morgan fingerprint density at radius 2 is 2.33 bits per heavy atom. The molecule has 0 heterocycles. The minimum Gasteiger partial charge on any atom is -0.395 e. The van der Waals surface area contributed by atoms with Gasteiger partial charge >= 0.3 is 0 Å². The van der Waals surface area contributed by atoms with Crippen molar-refractivity contribution in [3.05, 3.63) is 0 Å². The average molecular weight is 132 g/mol. The lowest BCUT2D eigenvalue weighted by molar-refractivity contribution is 0.246. The van der Waals surface area contributed by atoms with E-state index in [4.69, 9.17) is 10.8 Å². The summed E-state index contributed by atoms with van der Waals surface area (Å²) in [5.41, 5.74) is 5.30. The zero-order valence-corrected chi connectivity index (χ0v) is 5.93. The van der Waals surface area contributed by atoms with Crippen LogP contribution in [-0.2, 0) is 0 Å². The van der Waals surface area contributed by atoms with E-state index in [2.05, 4.69) is 12.2 Å². The largest absolute Gasteiger partial charge is 0.395 e. The fourth-order valence-electron chi connectivity index (χ4n) is 0.571. The first-order valence-corrected chi connectivity index (χ1v) is 3.39. The smallest absolute Gasteiger partial charge is 0.0597 e. The Labute approximate surface area is 56.2 Å². The summed E-state index contributed by atoms with van der Waals surface area (Å²) in [7, 11) is 0. The molecule has 0 aromatic rings. The molecule has 0 spiro atoms. The molecule has 1 unspecified atom stereocenters. The van der Waals surface area contributed by atoms with Crippen LogP contribution < -0.4 is 11.1 Å². The third kappa shape index (κ3) is 4.39. The number of hydrogen-bond donors (Lipinski definition) is 3. The number of aliphatic hydroxyl groups is 1. The molecule has 0 fully saturated rings. The number of nitrogens with one attached hydrogen (secondary N) is 1. The second-order valence-corrected chi connectivity index (χ2v) is 2.07. The fourth-order valence-corrected chi connectivity index (χ4v) is 0.571. The second kappa shape index (κ2) is 6.01. The summed E-state index contributed by atoms with van der Waals surface area (Å²) in [4.78, 5) is 0. The van der Waals surface area contributed by atoms with Crippen LogP contribution in [0.4, 0.5) is 0 Å². The predicted molar refractivity (Wildman–Crippen MR) is 38.2 cm³/mol.